The summed E-state index contributed by atoms with van der Waals surface area (Å²) in [7, 11) is 0. The molecule has 0 radical (unpaired) electrons. The molecule has 9 nitrogen and oxygen atoms in total. The number of ether oxygens (including phenoxy) is 1. The molecule has 0 bridgehead atoms. The van der Waals surface area contributed by atoms with Crippen molar-refractivity contribution in [3.63, 3.8) is 0 Å². The van der Waals surface area contributed by atoms with E-state index in [2.05, 4.69) is 15.3 Å². The van der Waals surface area contributed by atoms with Crippen LogP contribution in [0.15, 0.2) is 33.9 Å². The minimum Gasteiger partial charge on any atom is -0.461 e. The number of nitrogens with zero attached hydrogens (tertiary/aromatic N) is 4. The molecule has 0 spiro atoms. The third-order valence-corrected chi connectivity index (χ3v) is 6.56. The van der Waals surface area contributed by atoms with Gasteiger partial charge in [-0.2, -0.15) is 0 Å². The van der Waals surface area contributed by atoms with Crippen molar-refractivity contribution < 1.29 is 19.1 Å². The molecule has 0 saturated carbocycles. The number of nitrogens with one attached hydrogen (secondary N) is 1. The van der Waals surface area contributed by atoms with Crippen LogP contribution in [0.4, 0.5) is 0 Å². The third-order valence-electron chi connectivity index (χ3n) is 4.34. The van der Waals surface area contributed by atoms with Crippen LogP contribution in [-0.2, 0) is 25.5 Å². The monoisotopic (exact) mass is 435 g/mol. The van der Waals surface area contributed by atoms with Gasteiger partial charge in [-0.25, -0.2) is 4.79 Å². The van der Waals surface area contributed by atoms with Gasteiger partial charge in [0, 0.05) is 15.5 Å². The van der Waals surface area contributed by atoms with Gasteiger partial charge in [-0.1, -0.05) is 25.0 Å². The zero-order chi connectivity index (χ0) is 21.0. The Morgan fingerprint density at radius 3 is 2.93 bits per heavy atom. The number of carbonyl (C=O) groups excluding carboxylic acids is 3. The maximum atomic E-state index is 12.8. The lowest BCUT2D eigenvalue weighted by molar-refractivity contribution is -0.153. The Labute approximate surface area is 176 Å². The van der Waals surface area contributed by atoms with Crippen molar-refractivity contribution in [2.45, 2.75) is 31.7 Å². The first-order valence-electron chi connectivity index (χ1n) is 9.08. The summed E-state index contributed by atoms with van der Waals surface area (Å²) in [5, 5.41) is 7.81. The van der Waals surface area contributed by atoms with Gasteiger partial charge in [-0.3, -0.25) is 14.5 Å². The molecule has 154 valence electrons. The summed E-state index contributed by atoms with van der Waals surface area (Å²) in [6.45, 7) is 4.03. The van der Waals surface area contributed by atoms with Crippen LogP contribution in [-0.4, -0.2) is 53.0 Å². The molecular weight excluding hydrogens is 414 g/mol. The van der Waals surface area contributed by atoms with Crippen molar-refractivity contribution >= 4 is 40.9 Å². The second-order valence-electron chi connectivity index (χ2n) is 7.04. The van der Waals surface area contributed by atoms with Crippen LogP contribution in [0.5, 0.6) is 0 Å². The van der Waals surface area contributed by atoms with Gasteiger partial charge in [0.25, 0.3) is 5.91 Å². The predicted octanol–water partition coefficient (Wildman–Crippen LogP) is 2.45. The third kappa shape index (κ3) is 4.75. The minimum absolute atomic E-state index is 0.0124. The normalized spacial score (nSPS) is 20.7. The van der Waals surface area contributed by atoms with Crippen LogP contribution in [0.1, 0.15) is 18.7 Å². The number of amides is 2. The molecule has 0 aromatic carbocycles. The van der Waals surface area contributed by atoms with Crippen LogP contribution >= 0.6 is 23.1 Å². The highest BCUT2D eigenvalue weighted by Crippen LogP contribution is 2.40. The van der Waals surface area contributed by atoms with E-state index in [0.29, 0.717) is 11.3 Å². The van der Waals surface area contributed by atoms with Crippen LogP contribution in [0.3, 0.4) is 0 Å². The quantitative estimate of drug-likeness (QED) is 0.221. The molecule has 2 aliphatic heterocycles. The van der Waals surface area contributed by atoms with Gasteiger partial charge in [0.1, 0.15) is 17.1 Å². The molecule has 2 amide bonds. The van der Waals surface area contributed by atoms with E-state index < -0.39 is 12.0 Å². The molecule has 1 aromatic rings. The molecule has 1 saturated heterocycles. The highest BCUT2D eigenvalue weighted by molar-refractivity contribution is 8.00. The Morgan fingerprint density at radius 2 is 2.28 bits per heavy atom. The van der Waals surface area contributed by atoms with Crippen molar-refractivity contribution in [3.05, 3.63) is 44.1 Å². The summed E-state index contributed by atoms with van der Waals surface area (Å²) in [6.07, 6.45) is 0.208. The molecule has 3 rings (SSSR count). The number of hydrogen-bond acceptors (Lipinski definition) is 7. The van der Waals surface area contributed by atoms with Gasteiger partial charge in [-0.15, -0.1) is 23.1 Å². The summed E-state index contributed by atoms with van der Waals surface area (Å²) in [5.41, 5.74) is 9.30. The minimum atomic E-state index is -0.693. The second kappa shape index (κ2) is 9.34. The molecule has 11 heteroatoms. The van der Waals surface area contributed by atoms with E-state index in [1.807, 2.05) is 31.4 Å². The standard InChI is InChI=1S/C18H21N5O4S2/c1-10(2)8-27-18(26)15-11(7-20-22-19)9-29-17-14(16(25)23(15)17)21-13(24)6-12-4-3-5-28-12/h3-5,10,14,17H,6-9H2,1-2H3,(H,21,24)/t14-,17?/m1/s1. The Bertz CT molecular complexity index is 877. The lowest BCUT2D eigenvalue weighted by atomic mass is 10.0. The Kier molecular flexibility index (Phi) is 6.83. The fourth-order valence-electron chi connectivity index (χ4n) is 3.02. The number of thiophene rings is 1. The molecule has 1 N–H and O–H groups in total. The summed E-state index contributed by atoms with van der Waals surface area (Å²) in [5.74, 6) is -0.652. The van der Waals surface area contributed by atoms with Crippen molar-refractivity contribution in [2.75, 3.05) is 18.9 Å². The van der Waals surface area contributed by atoms with E-state index in [0.717, 1.165) is 4.88 Å². The first-order valence-corrected chi connectivity index (χ1v) is 11.0. The van der Waals surface area contributed by atoms with E-state index in [1.165, 1.54) is 28.0 Å². The van der Waals surface area contributed by atoms with Crippen molar-refractivity contribution in [1.82, 2.24) is 10.2 Å². The van der Waals surface area contributed by atoms with Crippen LogP contribution in [0, 0.1) is 5.92 Å². The highest BCUT2D eigenvalue weighted by atomic mass is 32.2. The van der Waals surface area contributed by atoms with Gasteiger partial charge >= 0.3 is 5.97 Å². The maximum absolute atomic E-state index is 12.8. The average molecular weight is 436 g/mol. The van der Waals surface area contributed by atoms with Gasteiger partial charge < -0.3 is 10.1 Å². The van der Waals surface area contributed by atoms with E-state index in [9.17, 15) is 14.4 Å². The molecule has 1 aromatic heterocycles. The number of fused-ring (bicyclic) bond motifs is 1. The Balaban J connectivity index is 1.73. The maximum Gasteiger partial charge on any atom is 0.355 e. The van der Waals surface area contributed by atoms with Gasteiger partial charge in [0.15, 0.2) is 0 Å². The number of β-lactam (4-membered cyclic amide) rings is 1. The van der Waals surface area contributed by atoms with Crippen LogP contribution in [0.2, 0.25) is 0 Å². The number of rotatable bonds is 8. The molecule has 29 heavy (non-hydrogen) atoms. The molecule has 2 atom stereocenters. The second-order valence-corrected chi connectivity index (χ2v) is 9.18. The SMILES string of the molecule is CC(C)COC(=O)C1=C(CN=[N+]=[N-])CSC2[C@H](NC(=O)Cc3cccs3)C(=O)N12. The van der Waals surface area contributed by atoms with Crippen molar-refractivity contribution in [1.29, 1.82) is 0 Å². The summed E-state index contributed by atoms with van der Waals surface area (Å²) >= 11 is 2.90. The largest absolute Gasteiger partial charge is 0.461 e. The van der Waals surface area contributed by atoms with Crippen molar-refractivity contribution in [3.8, 4) is 0 Å². The molecule has 1 unspecified atom stereocenters. The average Bonchev–Trinajstić information content (AvgIpc) is 3.20. The number of thioether (sulfide) groups is 1. The zero-order valence-electron chi connectivity index (χ0n) is 16.0. The number of esters is 1. The first-order chi connectivity index (χ1) is 13.9. The lowest BCUT2D eigenvalue weighted by Crippen LogP contribution is -2.70. The Morgan fingerprint density at radius 1 is 1.48 bits per heavy atom. The summed E-state index contributed by atoms with van der Waals surface area (Å²) in [4.78, 5) is 42.7. The molecule has 2 aliphatic rings. The summed E-state index contributed by atoms with van der Waals surface area (Å²) < 4.78 is 5.32. The van der Waals surface area contributed by atoms with Gasteiger partial charge in [-0.05, 0) is 28.5 Å². The van der Waals surface area contributed by atoms with Crippen LogP contribution < -0.4 is 5.32 Å². The molecular formula is C18H21N5O4S2. The molecule has 0 aliphatic carbocycles. The predicted molar refractivity (Wildman–Crippen MR) is 110 cm³/mol. The van der Waals surface area contributed by atoms with Crippen molar-refractivity contribution in [2.24, 2.45) is 11.0 Å². The number of hydrogen-bond donors (Lipinski definition) is 1. The Hall–Kier alpha value is -2.49. The smallest absolute Gasteiger partial charge is 0.355 e. The first kappa shape index (κ1) is 21.2. The topological polar surface area (TPSA) is 124 Å². The summed E-state index contributed by atoms with van der Waals surface area (Å²) in [6, 6.07) is 3.04. The highest BCUT2D eigenvalue weighted by Gasteiger charge is 2.54. The van der Waals surface area contributed by atoms with Gasteiger partial charge in [0.05, 0.1) is 19.6 Å². The van der Waals surface area contributed by atoms with Gasteiger partial charge in [0.2, 0.25) is 5.91 Å². The van der Waals surface area contributed by atoms with E-state index >= 15 is 0 Å². The van der Waals surface area contributed by atoms with E-state index in [4.69, 9.17) is 10.3 Å². The fraction of sp³-hybridized carbons (Fsp3) is 0.500. The van der Waals surface area contributed by atoms with E-state index in [1.54, 1.807) is 0 Å². The number of azide groups is 1. The van der Waals surface area contributed by atoms with Crippen LogP contribution in [0.25, 0.3) is 10.4 Å². The molecule has 3 heterocycles. The van der Waals surface area contributed by atoms with E-state index in [-0.39, 0.29) is 48.4 Å². The zero-order valence-corrected chi connectivity index (χ0v) is 17.7. The lowest BCUT2D eigenvalue weighted by Gasteiger charge is -2.49. The number of carbonyl (C=O) groups is 3. The fourth-order valence-corrected chi connectivity index (χ4v) is 5.06. The molecule has 1 fully saturated rings.